The smallest absolute Gasteiger partial charge is 0.338 e. The number of hydrogen-bond donors (Lipinski definition) is 1. The Bertz CT molecular complexity index is 845. The van der Waals surface area contributed by atoms with Crippen LogP contribution in [0.3, 0.4) is 0 Å². The SMILES string of the molecule is CC(OC(=O)c1ccc2ocnc2c1)C(=O)Nc1ccccn1. The molecule has 0 fully saturated rings. The summed E-state index contributed by atoms with van der Waals surface area (Å²) < 4.78 is 10.3. The van der Waals surface area contributed by atoms with Gasteiger partial charge in [-0.2, -0.15) is 0 Å². The first kappa shape index (κ1) is 14.7. The van der Waals surface area contributed by atoms with Crippen molar-refractivity contribution in [2.45, 2.75) is 13.0 Å². The number of fused-ring (bicyclic) bond motifs is 1. The van der Waals surface area contributed by atoms with Gasteiger partial charge in [0.1, 0.15) is 11.3 Å². The number of benzene rings is 1. The highest BCUT2D eigenvalue weighted by Gasteiger charge is 2.19. The zero-order valence-corrected chi connectivity index (χ0v) is 12.2. The molecule has 0 aliphatic carbocycles. The van der Waals surface area contributed by atoms with Crippen LogP contribution in [0.2, 0.25) is 0 Å². The Hall–Kier alpha value is -3.22. The lowest BCUT2D eigenvalue weighted by Gasteiger charge is -2.13. The Morgan fingerprint density at radius 1 is 1.22 bits per heavy atom. The summed E-state index contributed by atoms with van der Waals surface area (Å²) >= 11 is 0. The predicted octanol–water partition coefficient (Wildman–Crippen LogP) is 2.41. The van der Waals surface area contributed by atoms with Crippen LogP contribution in [-0.2, 0) is 9.53 Å². The Kier molecular flexibility index (Phi) is 4.01. The highest BCUT2D eigenvalue weighted by atomic mass is 16.5. The van der Waals surface area contributed by atoms with Crippen LogP contribution in [0.1, 0.15) is 17.3 Å². The Labute approximate surface area is 131 Å². The van der Waals surface area contributed by atoms with Gasteiger partial charge in [-0.15, -0.1) is 0 Å². The highest BCUT2D eigenvalue weighted by Crippen LogP contribution is 2.15. The Morgan fingerprint density at radius 2 is 2.09 bits per heavy atom. The molecule has 7 nitrogen and oxygen atoms in total. The molecule has 0 saturated heterocycles. The maximum atomic E-state index is 12.1. The van der Waals surface area contributed by atoms with E-state index in [2.05, 4.69) is 15.3 Å². The van der Waals surface area contributed by atoms with Crippen LogP contribution in [0.4, 0.5) is 5.82 Å². The van der Waals surface area contributed by atoms with Crippen molar-refractivity contribution < 1.29 is 18.7 Å². The van der Waals surface area contributed by atoms with Gasteiger partial charge in [0.15, 0.2) is 18.1 Å². The molecule has 3 rings (SSSR count). The van der Waals surface area contributed by atoms with E-state index in [0.29, 0.717) is 22.5 Å². The van der Waals surface area contributed by atoms with E-state index >= 15 is 0 Å². The monoisotopic (exact) mass is 311 g/mol. The fourth-order valence-electron chi connectivity index (χ4n) is 1.93. The number of carbonyl (C=O) groups excluding carboxylic acids is 2. The van der Waals surface area contributed by atoms with Crippen molar-refractivity contribution in [3.63, 3.8) is 0 Å². The summed E-state index contributed by atoms with van der Waals surface area (Å²) in [7, 11) is 0. The first-order chi connectivity index (χ1) is 11.1. The van der Waals surface area contributed by atoms with E-state index < -0.39 is 18.0 Å². The molecule has 1 atom stereocenters. The predicted molar refractivity (Wildman–Crippen MR) is 81.8 cm³/mol. The number of nitrogens with one attached hydrogen (secondary N) is 1. The van der Waals surface area contributed by atoms with Gasteiger partial charge < -0.3 is 14.5 Å². The summed E-state index contributed by atoms with van der Waals surface area (Å²) in [5, 5.41) is 2.57. The van der Waals surface area contributed by atoms with Crippen molar-refractivity contribution in [2.75, 3.05) is 5.32 Å². The quantitative estimate of drug-likeness (QED) is 0.744. The third-order valence-corrected chi connectivity index (χ3v) is 3.14. The number of hydrogen-bond acceptors (Lipinski definition) is 6. The lowest BCUT2D eigenvalue weighted by atomic mass is 10.2. The summed E-state index contributed by atoms with van der Waals surface area (Å²) in [6.07, 6.45) is 1.89. The second-order valence-electron chi connectivity index (χ2n) is 4.79. The molecular formula is C16H13N3O4. The summed E-state index contributed by atoms with van der Waals surface area (Å²) in [5.41, 5.74) is 1.41. The third-order valence-electron chi connectivity index (χ3n) is 3.14. The van der Waals surface area contributed by atoms with Gasteiger partial charge in [0.05, 0.1) is 5.56 Å². The van der Waals surface area contributed by atoms with Crippen molar-refractivity contribution in [1.29, 1.82) is 0 Å². The topological polar surface area (TPSA) is 94.3 Å². The second-order valence-corrected chi connectivity index (χ2v) is 4.79. The molecule has 1 unspecified atom stereocenters. The number of amides is 1. The van der Waals surface area contributed by atoms with Gasteiger partial charge in [0.2, 0.25) is 0 Å². The number of nitrogens with zero attached hydrogens (tertiary/aromatic N) is 2. The first-order valence-corrected chi connectivity index (χ1v) is 6.89. The standard InChI is InChI=1S/C16H13N3O4/c1-10(15(20)19-14-4-2-3-7-17-14)23-16(21)11-5-6-13-12(8-11)18-9-22-13/h2-10H,1H3,(H,17,19,20). The number of rotatable bonds is 4. The van der Waals surface area contributed by atoms with Crippen LogP contribution < -0.4 is 5.32 Å². The van der Waals surface area contributed by atoms with E-state index in [4.69, 9.17) is 9.15 Å². The summed E-state index contributed by atoms with van der Waals surface area (Å²) in [4.78, 5) is 32.0. The van der Waals surface area contributed by atoms with E-state index in [1.165, 1.54) is 13.3 Å². The number of pyridine rings is 1. The van der Waals surface area contributed by atoms with Gasteiger partial charge in [0.25, 0.3) is 5.91 Å². The summed E-state index contributed by atoms with van der Waals surface area (Å²) in [5.74, 6) is -0.678. The van der Waals surface area contributed by atoms with Gasteiger partial charge in [-0.05, 0) is 37.3 Å². The van der Waals surface area contributed by atoms with Crippen LogP contribution in [0.15, 0.2) is 53.4 Å². The van der Waals surface area contributed by atoms with Crippen molar-refractivity contribution >= 4 is 28.8 Å². The van der Waals surface area contributed by atoms with Gasteiger partial charge in [-0.1, -0.05) is 6.07 Å². The van der Waals surface area contributed by atoms with Crippen LogP contribution in [0, 0.1) is 0 Å². The normalized spacial score (nSPS) is 11.9. The molecule has 0 saturated carbocycles. The molecule has 0 aliphatic rings. The van der Waals surface area contributed by atoms with Crippen LogP contribution in [0.25, 0.3) is 11.1 Å². The number of aromatic nitrogens is 2. The molecule has 1 amide bonds. The molecule has 0 radical (unpaired) electrons. The number of carbonyl (C=O) groups is 2. The molecule has 2 aromatic heterocycles. The van der Waals surface area contributed by atoms with Crippen molar-refractivity contribution in [3.05, 3.63) is 54.6 Å². The molecule has 3 aromatic rings. The second kappa shape index (κ2) is 6.27. The fourth-order valence-corrected chi connectivity index (χ4v) is 1.93. The van der Waals surface area contributed by atoms with Gasteiger partial charge in [-0.3, -0.25) is 4.79 Å². The molecular weight excluding hydrogens is 298 g/mol. The van der Waals surface area contributed by atoms with E-state index in [0.717, 1.165) is 0 Å². The van der Waals surface area contributed by atoms with Crippen LogP contribution in [-0.4, -0.2) is 27.9 Å². The fraction of sp³-hybridized carbons (Fsp3) is 0.125. The molecule has 116 valence electrons. The molecule has 2 heterocycles. The van der Waals surface area contributed by atoms with Gasteiger partial charge in [0, 0.05) is 6.20 Å². The minimum Gasteiger partial charge on any atom is -0.449 e. The van der Waals surface area contributed by atoms with Crippen molar-refractivity contribution in [2.24, 2.45) is 0 Å². The van der Waals surface area contributed by atoms with E-state index in [-0.39, 0.29) is 0 Å². The maximum absolute atomic E-state index is 12.1. The molecule has 23 heavy (non-hydrogen) atoms. The summed E-state index contributed by atoms with van der Waals surface area (Å²) in [6.45, 7) is 1.49. The number of oxazole rings is 1. The molecule has 1 N–H and O–H groups in total. The van der Waals surface area contributed by atoms with E-state index in [1.54, 1.807) is 42.6 Å². The molecule has 0 aliphatic heterocycles. The van der Waals surface area contributed by atoms with Crippen molar-refractivity contribution in [3.8, 4) is 0 Å². The molecule has 7 heteroatoms. The molecule has 0 spiro atoms. The number of anilines is 1. The number of ether oxygens (including phenoxy) is 1. The largest absolute Gasteiger partial charge is 0.449 e. The maximum Gasteiger partial charge on any atom is 0.338 e. The molecule has 0 bridgehead atoms. The summed E-state index contributed by atoms with van der Waals surface area (Å²) in [6, 6.07) is 9.85. The minimum absolute atomic E-state index is 0.295. The van der Waals surface area contributed by atoms with E-state index in [9.17, 15) is 9.59 Å². The highest BCUT2D eigenvalue weighted by molar-refractivity contribution is 5.98. The molecule has 1 aromatic carbocycles. The zero-order chi connectivity index (χ0) is 16.2. The zero-order valence-electron chi connectivity index (χ0n) is 12.2. The third kappa shape index (κ3) is 3.34. The van der Waals surface area contributed by atoms with Gasteiger partial charge in [-0.25, -0.2) is 14.8 Å². The Morgan fingerprint density at radius 3 is 2.87 bits per heavy atom. The lowest BCUT2D eigenvalue weighted by molar-refractivity contribution is -0.123. The van der Waals surface area contributed by atoms with Crippen molar-refractivity contribution in [1.82, 2.24) is 9.97 Å². The van der Waals surface area contributed by atoms with E-state index in [1.807, 2.05) is 0 Å². The van der Waals surface area contributed by atoms with Gasteiger partial charge >= 0.3 is 5.97 Å². The van der Waals surface area contributed by atoms with Crippen LogP contribution in [0.5, 0.6) is 0 Å². The average Bonchev–Trinajstić information content (AvgIpc) is 3.03. The minimum atomic E-state index is -0.961. The number of esters is 1. The first-order valence-electron chi connectivity index (χ1n) is 6.89. The Balaban J connectivity index is 1.65. The lowest BCUT2D eigenvalue weighted by Crippen LogP contribution is -2.30. The average molecular weight is 311 g/mol. The van der Waals surface area contributed by atoms with Crippen LogP contribution >= 0.6 is 0 Å².